The van der Waals surface area contributed by atoms with Gasteiger partial charge in [0.25, 0.3) is 0 Å². The van der Waals surface area contributed by atoms with Crippen LogP contribution >= 0.6 is 0 Å². The first-order valence-corrected chi connectivity index (χ1v) is 6.06. The normalized spacial score (nSPS) is 17.0. The molecule has 1 unspecified atom stereocenters. The summed E-state index contributed by atoms with van der Waals surface area (Å²) >= 11 is 0. The molecule has 1 aliphatic rings. The highest BCUT2D eigenvalue weighted by Crippen LogP contribution is 2.29. The molecule has 0 radical (unpaired) electrons. The summed E-state index contributed by atoms with van der Waals surface area (Å²) in [5.41, 5.74) is 1.32. The Bertz CT molecular complexity index is 501. The topological polar surface area (TPSA) is 87.7 Å². The number of Topliss-reactive ketones (excluding diaryl/α,β-unsaturated/α-hetero) is 1. The van der Waals surface area contributed by atoms with Crippen LogP contribution in [0.2, 0.25) is 0 Å². The Morgan fingerprint density at radius 3 is 3.00 bits per heavy atom. The maximum atomic E-state index is 11.9. The Kier molecular flexibility index (Phi) is 4.01. The molecule has 0 spiro atoms. The van der Waals surface area contributed by atoms with Crippen LogP contribution in [-0.2, 0) is 4.79 Å². The SMILES string of the molecule is CC1CNc2cc(C(=O)CNCC(=O)O)ccc2O1. The fourth-order valence-electron chi connectivity index (χ4n) is 1.84. The number of carbonyl (C=O) groups excluding carboxylic acids is 1. The predicted molar refractivity (Wildman–Crippen MR) is 69.9 cm³/mol. The van der Waals surface area contributed by atoms with Crippen LogP contribution in [0.3, 0.4) is 0 Å². The van der Waals surface area contributed by atoms with Gasteiger partial charge in [0.2, 0.25) is 0 Å². The van der Waals surface area contributed by atoms with Crippen molar-refractivity contribution in [1.29, 1.82) is 0 Å². The van der Waals surface area contributed by atoms with Gasteiger partial charge >= 0.3 is 5.97 Å². The molecule has 0 saturated carbocycles. The Balaban J connectivity index is 2.01. The maximum absolute atomic E-state index is 11.9. The molecule has 0 aliphatic carbocycles. The van der Waals surface area contributed by atoms with Gasteiger partial charge in [-0.3, -0.25) is 14.9 Å². The molecule has 0 saturated heterocycles. The van der Waals surface area contributed by atoms with Crippen molar-refractivity contribution < 1.29 is 19.4 Å². The number of hydrogen-bond acceptors (Lipinski definition) is 5. The largest absolute Gasteiger partial charge is 0.487 e. The van der Waals surface area contributed by atoms with Crippen molar-refractivity contribution in [2.45, 2.75) is 13.0 Å². The van der Waals surface area contributed by atoms with Gasteiger partial charge in [-0.25, -0.2) is 0 Å². The summed E-state index contributed by atoms with van der Waals surface area (Å²) in [4.78, 5) is 22.2. The number of nitrogens with one attached hydrogen (secondary N) is 2. The van der Waals surface area contributed by atoms with E-state index in [4.69, 9.17) is 9.84 Å². The van der Waals surface area contributed by atoms with Crippen LogP contribution in [0.4, 0.5) is 5.69 Å². The van der Waals surface area contributed by atoms with E-state index >= 15 is 0 Å². The second-order valence-electron chi connectivity index (χ2n) is 4.44. The lowest BCUT2D eigenvalue weighted by molar-refractivity contribution is -0.135. The monoisotopic (exact) mass is 264 g/mol. The van der Waals surface area contributed by atoms with Gasteiger partial charge < -0.3 is 15.2 Å². The number of aliphatic carboxylic acids is 1. The minimum atomic E-state index is -0.984. The standard InChI is InChI=1S/C13H16N2O4/c1-8-5-15-10-4-9(2-3-12(10)19-8)11(16)6-14-7-13(17)18/h2-4,8,14-15H,5-7H2,1H3,(H,17,18). The molecule has 6 heteroatoms. The molecule has 0 bridgehead atoms. The summed E-state index contributed by atoms with van der Waals surface area (Å²) in [7, 11) is 0. The van der Waals surface area contributed by atoms with Gasteiger partial charge in [-0.2, -0.15) is 0 Å². The lowest BCUT2D eigenvalue weighted by Gasteiger charge is -2.25. The van der Waals surface area contributed by atoms with Crippen LogP contribution in [-0.4, -0.2) is 42.6 Å². The molecule has 1 aliphatic heterocycles. The Labute approximate surface area is 110 Å². The quantitative estimate of drug-likeness (QED) is 0.680. The highest BCUT2D eigenvalue weighted by Gasteiger charge is 2.17. The van der Waals surface area contributed by atoms with E-state index in [-0.39, 0.29) is 25.0 Å². The molecule has 19 heavy (non-hydrogen) atoms. The molecule has 1 aromatic rings. The van der Waals surface area contributed by atoms with Crippen LogP contribution in [0, 0.1) is 0 Å². The van der Waals surface area contributed by atoms with Gasteiger partial charge in [0.1, 0.15) is 11.9 Å². The van der Waals surface area contributed by atoms with Crippen molar-refractivity contribution in [3.05, 3.63) is 23.8 Å². The molecule has 6 nitrogen and oxygen atoms in total. The van der Waals surface area contributed by atoms with E-state index in [1.54, 1.807) is 18.2 Å². The number of carboxylic acids is 1. The smallest absolute Gasteiger partial charge is 0.317 e. The average Bonchev–Trinajstić information content (AvgIpc) is 2.37. The number of carboxylic acid groups (broad SMARTS) is 1. The van der Waals surface area contributed by atoms with Crippen LogP contribution < -0.4 is 15.4 Å². The van der Waals surface area contributed by atoms with E-state index < -0.39 is 5.97 Å². The van der Waals surface area contributed by atoms with E-state index in [1.165, 1.54) is 0 Å². The summed E-state index contributed by atoms with van der Waals surface area (Å²) in [6, 6.07) is 5.16. The zero-order chi connectivity index (χ0) is 13.8. The Morgan fingerprint density at radius 2 is 2.26 bits per heavy atom. The number of anilines is 1. The number of ketones is 1. The molecule has 1 atom stereocenters. The van der Waals surface area contributed by atoms with Crippen molar-refractivity contribution in [3.63, 3.8) is 0 Å². The third-order valence-corrected chi connectivity index (χ3v) is 2.77. The average molecular weight is 264 g/mol. The van der Waals surface area contributed by atoms with E-state index in [1.807, 2.05) is 6.92 Å². The number of fused-ring (bicyclic) bond motifs is 1. The number of rotatable bonds is 5. The van der Waals surface area contributed by atoms with Crippen molar-refractivity contribution in [2.75, 3.05) is 25.0 Å². The van der Waals surface area contributed by atoms with Crippen LogP contribution in [0.5, 0.6) is 5.75 Å². The lowest BCUT2D eigenvalue weighted by Crippen LogP contribution is -2.29. The highest BCUT2D eigenvalue weighted by atomic mass is 16.5. The lowest BCUT2D eigenvalue weighted by atomic mass is 10.1. The second-order valence-corrected chi connectivity index (χ2v) is 4.44. The zero-order valence-electron chi connectivity index (χ0n) is 10.6. The summed E-state index contributed by atoms with van der Waals surface area (Å²) < 4.78 is 5.61. The number of hydrogen-bond donors (Lipinski definition) is 3. The number of carbonyl (C=O) groups is 2. The maximum Gasteiger partial charge on any atom is 0.317 e. The summed E-state index contributed by atoms with van der Waals surface area (Å²) in [5, 5.41) is 14.2. The second kappa shape index (κ2) is 5.71. The Hall–Kier alpha value is -2.08. The molecule has 102 valence electrons. The molecule has 1 heterocycles. The minimum Gasteiger partial charge on any atom is -0.487 e. The predicted octanol–water partition coefficient (Wildman–Crippen LogP) is 0.736. The molecular formula is C13H16N2O4. The zero-order valence-corrected chi connectivity index (χ0v) is 10.6. The van der Waals surface area contributed by atoms with Crippen LogP contribution in [0.1, 0.15) is 17.3 Å². The summed E-state index contributed by atoms with van der Waals surface area (Å²) in [5.74, 6) is -0.402. The third-order valence-electron chi connectivity index (χ3n) is 2.77. The summed E-state index contributed by atoms with van der Waals surface area (Å²) in [6.45, 7) is 2.44. The van der Waals surface area contributed by atoms with E-state index in [9.17, 15) is 9.59 Å². The van der Waals surface area contributed by atoms with Crippen LogP contribution in [0.15, 0.2) is 18.2 Å². The molecule has 0 fully saturated rings. The molecule has 1 aromatic carbocycles. The van der Waals surface area contributed by atoms with Crippen molar-refractivity contribution >= 4 is 17.4 Å². The number of benzene rings is 1. The van der Waals surface area contributed by atoms with Gasteiger partial charge in [0, 0.05) is 5.56 Å². The van der Waals surface area contributed by atoms with Crippen LogP contribution in [0.25, 0.3) is 0 Å². The number of ether oxygens (including phenoxy) is 1. The van der Waals surface area contributed by atoms with E-state index in [2.05, 4.69) is 10.6 Å². The molecule has 3 N–H and O–H groups in total. The molecular weight excluding hydrogens is 248 g/mol. The van der Waals surface area contributed by atoms with Gasteiger partial charge in [0.15, 0.2) is 5.78 Å². The Morgan fingerprint density at radius 1 is 1.47 bits per heavy atom. The first-order valence-electron chi connectivity index (χ1n) is 6.06. The fraction of sp³-hybridized carbons (Fsp3) is 0.385. The molecule has 2 rings (SSSR count). The summed E-state index contributed by atoms with van der Waals surface area (Å²) in [6.07, 6.45) is 0.103. The van der Waals surface area contributed by atoms with E-state index in [0.29, 0.717) is 12.1 Å². The van der Waals surface area contributed by atoms with Crippen molar-refractivity contribution in [2.24, 2.45) is 0 Å². The molecule has 0 amide bonds. The van der Waals surface area contributed by atoms with Crippen molar-refractivity contribution in [3.8, 4) is 5.75 Å². The third kappa shape index (κ3) is 3.45. The van der Waals surface area contributed by atoms with Crippen molar-refractivity contribution in [1.82, 2.24) is 5.32 Å². The first-order chi connectivity index (χ1) is 9.06. The van der Waals surface area contributed by atoms with Gasteiger partial charge in [-0.1, -0.05) is 0 Å². The first kappa shape index (κ1) is 13.4. The fourth-order valence-corrected chi connectivity index (χ4v) is 1.84. The van der Waals surface area contributed by atoms with Gasteiger partial charge in [-0.15, -0.1) is 0 Å². The van der Waals surface area contributed by atoms with E-state index in [0.717, 1.165) is 11.4 Å². The van der Waals surface area contributed by atoms with Gasteiger partial charge in [0.05, 0.1) is 25.3 Å². The minimum absolute atomic E-state index is 0.00233. The van der Waals surface area contributed by atoms with Gasteiger partial charge in [-0.05, 0) is 25.1 Å². The highest BCUT2D eigenvalue weighted by molar-refractivity contribution is 5.99. The molecule has 0 aromatic heterocycles.